The van der Waals surface area contributed by atoms with Crippen LogP contribution in [0.2, 0.25) is 0 Å². The maximum absolute atomic E-state index is 12.8. The van der Waals surface area contributed by atoms with Gasteiger partial charge in [-0.1, -0.05) is 84.6 Å². The molecular formula is C40H64N2O5. The van der Waals surface area contributed by atoms with Crippen molar-refractivity contribution in [2.24, 2.45) is 29.1 Å². The molecule has 8 atom stereocenters. The van der Waals surface area contributed by atoms with Crippen molar-refractivity contribution in [3.8, 4) is 5.75 Å². The second kappa shape index (κ2) is 17.8. The SMILES string of the molecule is CC[C@H](C)[C@H](NC(=O)CCC(C)=O)C(=O)NCCCCCCCCCCC[C@@H]1Cc2cc(O)ccc2[C@H]2CC[C@]3(C)[C@@H](O)CC[C@H]3[C@H]12. The fraction of sp³-hybridized carbons (Fsp3) is 0.775. The average molecular weight is 653 g/mol. The Bertz CT molecular complexity index is 1190. The number of carbonyl (C=O) groups excluding carboxylic acids is 3. The number of aliphatic hydroxyl groups excluding tert-OH is 1. The molecule has 0 bridgehead atoms. The number of rotatable bonds is 19. The summed E-state index contributed by atoms with van der Waals surface area (Å²) < 4.78 is 0. The molecule has 4 rings (SSSR count). The third kappa shape index (κ3) is 9.83. The number of nitrogens with one attached hydrogen (secondary N) is 2. The lowest BCUT2D eigenvalue weighted by atomic mass is 9.52. The van der Waals surface area contributed by atoms with E-state index in [4.69, 9.17) is 0 Å². The Balaban J connectivity index is 1.10. The number of carbonyl (C=O) groups is 3. The topological polar surface area (TPSA) is 116 Å². The number of aliphatic hydroxyl groups is 1. The number of Topliss-reactive ketones (excluding diaryl/α,β-unsaturated/α-hetero) is 1. The zero-order valence-corrected chi connectivity index (χ0v) is 29.8. The molecule has 1 aromatic rings. The lowest BCUT2D eigenvalue weighted by Gasteiger charge is -2.53. The van der Waals surface area contributed by atoms with Gasteiger partial charge >= 0.3 is 0 Å². The highest BCUT2D eigenvalue weighted by Crippen LogP contribution is 2.62. The quantitative estimate of drug-likeness (QED) is 0.114. The van der Waals surface area contributed by atoms with E-state index < -0.39 is 6.04 Å². The minimum atomic E-state index is -0.554. The van der Waals surface area contributed by atoms with Crippen LogP contribution in [0.3, 0.4) is 0 Å². The minimum absolute atomic E-state index is 0.0227. The fourth-order valence-electron chi connectivity index (χ4n) is 9.36. The Morgan fingerprint density at radius 1 is 0.957 bits per heavy atom. The summed E-state index contributed by atoms with van der Waals surface area (Å²) in [6.07, 6.45) is 18.5. The third-order valence-corrected chi connectivity index (χ3v) is 12.4. The Kier molecular flexibility index (Phi) is 14.2. The molecule has 2 saturated carbocycles. The number of phenolic OH excluding ortho intramolecular Hbond substituents is 1. The van der Waals surface area contributed by atoms with E-state index in [9.17, 15) is 24.6 Å². The molecule has 0 radical (unpaired) electrons. The van der Waals surface area contributed by atoms with Crippen LogP contribution in [0.5, 0.6) is 5.75 Å². The molecule has 0 unspecified atom stereocenters. The molecule has 2 amide bonds. The number of phenols is 1. The second-order valence-electron chi connectivity index (χ2n) is 15.7. The largest absolute Gasteiger partial charge is 0.508 e. The van der Waals surface area contributed by atoms with Crippen molar-refractivity contribution in [3.63, 3.8) is 0 Å². The highest BCUT2D eigenvalue weighted by molar-refractivity contribution is 5.89. The van der Waals surface area contributed by atoms with E-state index in [0.717, 1.165) is 51.4 Å². The van der Waals surface area contributed by atoms with Crippen LogP contribution in [0.15, 0.2) is 18.2 Å². The molecule has 0 aromatic heterocycles. The van der Waals surface area contributed by atoms with E-state index in [1.54, 1.807) is 0 Å². The molecule has 7 heteroatoms. The molecule has 47 heavy (non-hydrogen) atoms. The summed E-state index contributed by atoms with van der Waals surface area (Å²) in [4.78, 5) is 36.2. The van der Waals surface area contributed by atoms with Gasteiger partial charge in [0.25, 0.3) is 0 Å². The summed E-state index contributed by atoms with van der Waals surface area (Å²) in [6, 6.07) is 5.53. The van der Waals surface area contributed by atoms with Crippen molar-refractivity contribution in [3.05, 3.63) is 29.3 Å². The van der Waals surface area contributed by atoms with Gasteiger partial charge in [0, 0.05) is 19.4 Å². The molecule has 0 aliphatic heterocycles. The number of benzene rings is 1. The summed E-state index contributed by atoms with van der Waals surface area (Å²) in [5.41, 5.74) is 2.90. The van der Waals surface area contributed by atoms with Crippen LogP contribution in [-0.2, 0) is 20.8 Å². The van der Waals surface area contributed by atoms with Crippen LogP contribution in [0, 0.1) is 29.1 Å². The first kappa shape index (κ1) is 37.4. The predicted octanol–water partition coefficient (Wildman–Crippen LogP) is 7.75. The van der Waals surface area contributed by atoms with Crippen molar-refractivity contribution < 1.29 is 24.6 Å². The van der Waals surface area contributed by atoms with E-state index in [2.05, 4.69) is 23.6 Å². The van der Waals surface area contributed by atoms with E-state index in [1.807, 2.05) is 26.0 Å². The van der Waals surface area contributed by atoms with Gasteiger partial charge in [0.1, 0.15) is 17.6 Å². The number of fused-ring (bicyclic) bond motifs is 5. The molecule has 1 aromatic carbocycles. The van der Waals surface area contributed by atoms with Crippen molar-refractivity contribution in [1.82, 2.24) is 10.6 Å². The number of unbranched alkanes of at least 4 members (excludes halogenated alkanes) is 8. The van der Waals surface area contributed by atoms with E-state index in [1.165, 1.54) is 69.4 Å². The van der Waals surface area contributed by atoms with Gasteiger partial charge in [-0.2, -0.15) is 0 Å². The normalized spacial score (nSPS) is 27.6. The summed E-state index contributed by atoms with van der Waals surface area (Å²) in [5, 5.41) is 27.0. The highest BCUT2D eigenvalue weighted by Gasteiger charge is 2.56. The van der Waals surface area contributed by atoms with Gasteiger partial charge in [0.05, 0.1) is 6.10 Å². The molecular weight excluding hydrogens is 588 g/mol. The number of hydrogen-bond acceptors (Lipinski definition) is 5. The van der Waals surface area contributed by atoms with Crippen molar-refractivity contribution in [2.75, 3.05) is 6.54 Å². The zero-order chi connectivity index (χ0) is 34.0. The van der Waals surface area contributed by atoms with Crippen LogP contribution >= 0.6 is 0 Å². The Hall–Kier alpha value is -2.41. The molecule has 264 valence electrons. The second-order valence-corrected chi connectivity index (χ2v) is 15.7. The van der Waals surface area contributed by atoms with Crippen LogP contribution in [0.1, 0.15) is 154 Å². The van der Waals surface area contributed by atoms with Crippen LogP contribution in [0.4, 0.5) is 0 Å². The van der Waals surface area contributed by atoms with Gasteiger partial charge in [-0.25, -0.2) is 0 Å². The average Bonchev–Trinajstić information content (AvgIpc) is 3.35. The van der Waals surface area contributed by atoms with Crippen LogP contribution in [-0.4, -0.2) is 46.5 Å². The van der Waals surface area contributed by atoms with E-state index >= 15 is 0 Å². The fourth-order valence-corrected chi connectivity index (χ4v) is 9.36. The first-order chi connectivity index (χ1) is 22.5. The van der Waals surface area contributed by atoms with E-state index in [0.29, 0.717) is 36.0 Å². The molecule has 2 fully saturated rings. The first-order valence-corrected chi connectivity index (χ1v) is 19.1. The third-order valence-electron chi connectivity index (χ3n) is 12.4. The Morgan fingerprint density at radius 3 is 2.32 bits per heavy atom. The molecule has 0 heterocycles. The highest BCUT2D eigenvalue weighted by atomic mass is 16.3. The van der Waals surface area contributed by atoms with Gasteiger partial charge < -0.3 is 25.6 Å². The molecule has 0 saturated heterocycles. The van der Waals surface area contributed by atoms with Crippen molar-refractivity contribution in [2.45, 2.75) is 161 Å². The maximum atomic E-state index is 12.8. The molecule has 3 aliphatic rings. The standard InChI is InChI=1S/C40H64N2O5/c1-5-27(2)38(42-36(46)21-16-28(3)43)39(47)41-24-14-12-10-8-6-7-9-11-13-15-29-25-30-26-31(44)17-18-32(30)33-22-23-40(4)34(37(29)33)19-20-35(40)45/h17-18,26-27,29,33-35,37-38,44-45H,5-16,19-25H2,1-4H3,(H,41,47)(H,42,46)/t27-,29+,33+,34-,35-,37+,38-,40-/m0/s1. The van der Waals surface area contributed by atoms with Gasteiger partial charge in [0.15, 0.2) is 0 Å². The van der Waals surface area contributed by atoms with Crippen molar-refractivity contribution >= 4 is 17.6 Å². The zero-order valence-electron chi connectivity index (χ0n) is 29.8. The van der Waals surface area contributed by atoms with Crippen LogP contribution in [0.25, 0.3) is 0 Å². The lowest BCUT2D eigenvalue weighted by molar-refractivity contribution is -0.130. The maximum Gasteiger partial charge on any atom is 0.242 e. The summed E-state index contributed by atoms with van der Waals surface area (Å²) in [7, 11) is 0. The van der Waals surface area contributed by atoms with Gasteiger partial charge in [-0.15, -0.1) is 0 Å². The van der Waals surface area contributed by atoms with Gasteiger partial charge in [0.2, 0.25) is 11.8 Å². The number of ketones is 1. The monoisotopic (exact) mass is 652 g/mol. The number of amides is 2. The minimum Gasteiger partial charge on any atom is -0.508 e. The predicted molar refractivity (Wildman–Crippen MR) is 188 cm³/mol. The molecule has 4 N–H and O–H groups in total. The summed E-state index contributed by atoms with van der Waals surface area (Å²) >= 11 is 0. The molecule has 7 nitrogen and oxygen atoms in total. The van der Waals surface area contributed by atoms with Gasteiger partial charge in [-0.3, -0.25) is 9.59 Å². The molecule has 0 spiro atoms. The number of aromatic hydroxyl groups is 1. The lowest BCUT2D eigenvalue weighted by Crippen LogP contribution is -2.50. The Morgan fingerprint density at radius 2 is 1.64 bits per heavy atom. The summed E-state index contributed by atoms with van der Waals surface area (Å²) in [6.45, 7) is 8.44. The van der Waals surface area contributed by atoms with Crippen molar-refractivity contribution in [1.29, 1.82) is 0 Å². The first-order valence-electron chi connectivity index (χ1n) is 19.1. The number of hydrogen-bond donors (Lipinski definition) is 4. The molecule has 3 aliphatic carbocycles. The van der Waals surface area contributed by atoms with Gasteiger partial charge in [-0.05, 0) is 110 Å². The van der Waals surface area contributed by atoms with E-state index in [-0.39, 0.29) is 47.9 Å². The summed E-state index contributed by atoms with van der Waals surface area (Å²) in [5.74, 6) is 2.53. The Labute approximate surface area is 284 Å². The smallest absolute Gasteiger partial charge is 0.242 e. The van der Waals surface area contributed by atoms with Crippen LogP contribution < -0.4 is 10.6 Å².